The van der Waals surface area contributed by atoms with Crippen molar-refractivity contribution >= 4 is 12.1 Å². The van der Waals surface area contributed by atoms with Crippen LogP contribution < -0.4 is 0 Å². The molecule has 0 saturated carbocycles. The number of carbonyl (C=O) groups excluding carboxylic acids is 1. The molecule has 5 heteroatoms. The summed E-state index contributed by atoms with van der Waals surface area (Å²) >= 11 is 0. The minimum Gasteiger partial charge on any atom is -0.373 e. The molecule has 0 aliphatic carbocycles. The zero-order chi connectivity index (χ0) is 12.6. The summed E-state index contributed by atoms with van der Waals surface area (Å²) in [7, 11) is 1.59. The van der Waals surface area contributed by atoms with Crippen molar-refractivity contribution < 1.29 is 14.6 Å². The molecule has 17 heavy (non-hydrogen) atoms. The van der Waals surface area contributed by atoms with Crippen LogP contribution in [0.5, 0.6) is 0 Å². The van der Waals surface area contributed by atoms with Gasteiger partial charge in [-0.25, -0.2) is 0 Å². The second kappa shape index (κ2) is 4.58. The Morgan fingerprint density at radius 2 is 2.29 bits per heavy atom. The first kappa shape index (κ1) is 12.3. The summed E-state index contributed by atoms with van der Waals surface area (Å²) in [5, 5.41) is 10.1. The molecule has 3 unspecified atom stereocenters. The molecule has 2 rings (SSSR count). The van der Waals surface area contributed by atoms with E-state index in [-0.39, 0.29) is 18.1 Å². The van der Waals surface area contributed by atoms with Crippen molar-refractivity contribution in [3.05, 3.63) is 11.3 Å². The molecule has 0 aromatic heterocycles. The Balaban J connectivity index is 2.35. The lowest BCUT2D eigenvalue weighted by molar-refractivity contribution is -0.140. The first-order chi connectivity index (χ1) is 8.04. The molecule has 94 valence electrons. The van der Waals surface area contributed by atoms with Gasteiger partial charge in [0, 0.05) is 38.3 Å². The van der Waals surface area contributed by atoms with E-state index in [1.54, 1.807) is 13.3 Å². The maximum Gasteiger partial charge on any atom is 0.225 e. The fraction of sp³-hybridized carbons (Fsp3) is 0.667. The second-order valence-corrected chi connectivity index (χ2v) is 4.63. The van der Waals surface area contributed by atoms with Gasteiger partial charge in [0.2, 0.25) is 5.91 Å². The van der Waals surface area contributed by atoms with Crippen LogP contribution in [0.2, 0.25) is 0 Å². The van der Waals surface area contributed by atoms with Gasteiger partial charge in [-0.15, -0.1) is 0 Å². The van der Waals surface area contributed by atoms with Crippen LogP contribution in [0.25, 0.3) is 0 Å². The fourth-order valence-electron chi connectivity index (χ4n) is 2.41. The summed E-state index contributed by atoms with van der Waals surface area (Å²) < 4.78 is 5.18. The van der Waals surface area contributed by atoms with Gasteiger partial charge >= 0.3 is 0 Å². The molecule has 5 nitrogen and oxygen atoms in total. The van der Waals surface area contributed by atoms with Gasteiger partial charge < -0.3 is 9.84 Å². The van der Waals surface area contributed by atoms with Gasteiger partial charge in [-0.05, 0) is 12.0 Å². The number of carbonyl (C=O) groups is 1. The first-order valence-electron chi connectivity index (χ1n) is 5.80. The van der Waals surface area contributed by atoms with Crippen LogP contribution in [-0.4, -0.2) is 41.7 Å². The number of aliphatic hydroxyl groups excluding tert-OH is 1. The fourth-order valence-corrected chi connectivity index (χ4v) is 2.41. The average molecular weight is 238 g/mol. The molecule has 2 heterocycles. The average Bonchev–Trinajstić information content (AvgIpc) is 2.29. The highest BCUT2D eigenvalue weighted by atomic mass is 16.5. The molecule has 0 aromatic carbocycles. The summed E-state index contributed by atoms with van der Waals surface area (Å²) in [6, 6.07) is 0. The van der Waals surface area contributed by atoms with Gasteiger partial charge in [0.25, 0.3) is 0 Å². The van der Waals surface area contributed by atoms with Crippen LogP contribution >= 0.6 is 0 Å². The van der Waals surface area contributed by atoms with Gasteiger partial charge in [-0.3, -0.25) is 14.7 Å². The predicted octanol–water partition coefficient (Wildman–Crippen LogP) is 0.894. The highest BCUT2D eigenvalue weighted by Crippen LogP contribution is 2.34. The minimum absolute atomic E-state index is 0.0307. The minimum atomic E-state index is -0.741. The number of allylic oxidation sites excluding steroid dienone is 1. The number of dihydropyridines is 1. The molecule has 0 fully saturated rings. The summed E-state index contributed by atoms with van der Waals surface area (Å²) in [6.45, 7) is 3.40. The number of aliphatic hydroxyl groups is 1. The standard InChI is InChI=1S/C12H18N2O3/c1-7-4-9-6-13-11(17-3)5-10(9)14(8(2)15)12(7)16/h6-7,11-12,16H,4-5H2,1-3H3. The molecular formula is C12H18N2O3. The van der Waals surface area contributed by atoms with E-state index in [0.717, 1.165) is 17.7 Å². The molecular weight excluding hydrogens is 220 g/mol. The van der Waals surface area contributed by atoms with Gasteiger partial charge in [0.1, 0.15) is 6.23 Å². The maximum atomic E-state index is 11.7. The number of methoxy groups -OCH3 is 1. The van der Waals surface area contributed by atoms with Gasteiger partial charge in [0.15, 0.2) is 6.23 Å². The molecule has 2 aliphatic heterocycles. The maximum absolute atomic E-state index is 11.7. The van der Waals surface area contributed by atoms with Crippen molar-refractivity contribution in [2.24, 2.45) is 10.9 Å². The van der Waals surface area contributed by atoms with Crippen LogP contribution in [0.15, 0.2) is 16.3 Å². The van der Waals surface area contributed by atoms with E-state index in [4.69, 9.17) is 4.74 Å². The van der Waals surface area contributed by atoms with E-state index in [9.17, 15) is 9.90 Å². The van der Waals surface area contributed by atoms with E-state index in [2.05, 4.69) is 4.99 Å². The van der Waals surface area contributed by atoms with Gasteiger partial charge in [0.05, 0.1) is 0 Å². The van der Waals surface area contributed by atoms with Gasteiger partial charge in [-0.1, -0.05) is 6.92 Å². The topological polar surface area (TPSA) is 62.1 Å². The Morgan fingerprint density at radius 3 is 2.88 bits per heavy atom. The lowest BCUT2D eigenvalue weighted by Gasteiger charge is -2.40. The number of hydrogen-bond donors (Lipinski definition) is 1. The molecule has 2 aliphatic rings. The van der Waals surface area contributed by atoms with E-state index in [1.807, 2.05) is 6.92 Å². The third kappa shape index (κ3) is 2.12. The number of hydrogen-bond acceptors (Lipinski definition) is 4. The molecule has 1 amide bonds. The molecule has 0 bridgehead atoms. The Labute approximate surface area is 101 Å². The van der Waals surface area contributed by atoms with Crippen LogP contribution in [-0.2, 0) is 9.53 Å². The van der Waals surface area contributed by atoms with E-state index < -0.39 is 6.23 Å². The van der Waals surface area contributed by atoms with Crippen LogP contribution in [0.3, 0.4) is 0 Å². The summed E-state index contributed by atoms with van der Waals surface area (Å²) in [5.41, 5.74) is 1.89. The van der Waals surface area contributed by atoms with Crippen LogP contribution in [0.1, 0.15) is 26.7 Å². The van der Waals surface area contributed by atoms with Crippen molar-refractivity contribution in [3.8, 4) is 0 Å². The number of ether oxygens (including phenoxy) is 1. The number of amides is 1. The van der Waals surface area contributed by atoms with E-state index in [1.165, 1.54) is 11.8 Å². The van der Waals surface area contributed by atoms with Crippen molar-refractivity contribution in [1.29, 1.82) is 0 Å². The molecule has 0 radical (unpaired) electrons. The van der Waals surface area contributed by atoms with Crippen molar-refractivity contribution in [1.82, 2.24) is 4.90 Å². The van der Waals surface area contributed by atoms with E-state index in [0.29, 0.717) is 6.42 Å². The highest BCUT2D eigenvalue weighted by molar-refractivity contribution is 5.84. The lowest BCUT2D eigenvalue weighted by atomic mass is 9.90. The third-order valence-corrected chi connectivity index (χ3v) is 3.35. The first-order valence-corrected chi connectivity index (χ1v) is 5.80. The molecule has 3 atom stereocenters. The molecule has 0 spiro atoms. The summed E-state index contributed by atoms with van der Waals surface area (Å²) in [5.74, 6) is -0.107. The van der Waals surface area contributed by atoms with Crippen LogP contribution in [0.4, 0.5) is 0 Å². The van der Waals surface area contributed by atoms with Crippen molar-refractivity contribution in [2.75, 3.05) is 7.11 Å². The van der Waals surface area contributed by atoms with Crippen molar-refractivity contribution in [2.45, 2.75) is 39.1 Å². The molecule has 0 aromatic rings. The smallest absolute Gasteiger partial charge is 0.225 e. The largest absolute Gasteiger partial charge is 0.373 e. The SMILES string of the molecule is COC1CC2=C(C=N1)CC(C)C(O)N2C(C)=O. The lowest BCUT2D eigenvalue weighted by Crippen LogP contribution is -2.47. The normalized spacial score (nSPS) is 32.7. The quantitative estimate of drug-likeness (QED) is 0.738. The molecule has 0 saturated heterocycles. The Hall–Kier alpha value is -1.20. The number of aliphatic imine (C=N–C) groups is 1. The van der Waals surface area contributed by atoms with Gasteiger partial charge in [-0.2, -0.15) is 0 Å². The zero-order valence-corrected chi connectivity index (χ0v) is 10.4. The second-order valence-electron chi connectivity index (χ2n) is 4.63. The zero-order valence-electron chi connectivity index (χ0n) is 10.4. The summed E-state index contributed by atoms with van der Waals surface area (Å²) in [4.78, 5) is 17.4. The third-order valence-electron chi connectivity index (χ3n) is 3.35. The monoisotopic (exact) mass is 238 g/mol. The Kier molecular flexibility index (Phi) is 3.31. The number of nitrogens with zero attached hydrogens (tertiary/aromatic N) is 2. The summed E-state index contributed by atoms with van der Waals surface area (Å²) in [6.07, 6.45) is 2.07. The van der Waals surface area contributed by atoms with Crippen LogP contribution in [0, 0.1) is 5.92 Å². The Bertz CT molecular complexity index is 389. The van der Waals surface area contributed by atoms with Crippen molar-refractivity contribution in [3.63, 3.8) is 0 Å². The Morgan fingerprint density at radius 1 is 1.59 bits per heavy atom. The highest BCUT2D eigenvalue weighted by Gasteiger charge is 2.36. The molecule has 1 N–H and O–H groups in total. The predicted molar refractivity (Wildman–Crippen MR) is 63.2 cm³/mol. The number of rotatable bonds is 1. The van der Waals surface area contributed by atoms with E-state index >= 15 is 0 Å².